The quantitative estimate of drug-likeness (QED) is 0.0819. The smallest absolute Gasteiger partial charge is 0.0458 e. The van der Waals surface area contributed by atoms with Crippen LogP contribution in [0.15, 0.2) is 206 Å². The van der Waals surface area contributed by atoms with E-state index in [1.807, 2.05) is 0 Å². The monoisotopic (exact) mass is 714 g/mol. The first-order valence-electron chi connectivity index (χ1n) is 19.6. The zero-order chi connectivity index (χ0) is 37.7. The molecular formula is C53H50N2. The number of benzene rings is 6. The summed E-state index contributed by atoms with van der Waals surface area (Å²) in [5, 5.41) is 0. The van der Waals surface area contributed by atoms with Gasteiger partial charge in [-0.05, 0) is 133 Å². The largest absolute Gasteiger partial charge is 0.315 e. The fraction of sp³-hybridized carbons (Fsp3) is 0.132. The summed E-state index contributed by atoms with van der Waals surface area (Å²) < 4.78 is 0. The second-order valence-corrected chi connectivity index (χ2v) is 14.0. The van der Waals surface area contributed by atoms with Crippen molar-refractivity contribution >= 4 is 34.9 Å². The number of allylic oxidation sites excluding steroid dienone is 8. The number of rotatable bonds is 14. The summed E-state index contributed by atoms with van der Waals surface area (Å²) in [6, 6.07) is 57.0. The number of hydrogen-bond donors (Lipinski definition) is 0. The van der Waals surface area contributed by atoms with Crippen LogP contribution in [-0.4, -0.2) is 0 Å². The van der Waals surface area contributed by atoms with Crippen LogP contribution < -0.4 is 9.80 Å². The average Bonchev–Trinajstić information content (AvgIpc) is 3.25. The van der Waals surface area contributed by atoms with Gasteiger partial charge in [-0.1, -0.05) is 153 Å². The van der Waals surface area contributed by atoms with Gasteiger partial charge in [-0.15, -0.1) is 0 Å². The molecule has 1 aliphatic carbocycles. The molecule has 0 amide bonds. The molecular weight excluding hydrogens is 665 g/mol. The van der Waals surface area contributed by atoms with Crippen LogP contribution in [0.25, 0.3) is 23.3 Å². The van der Waals surface area contributed by atoms with E-state index in [2.05, 4.69) is 230 Å². The molecule has 0 saturated heterocycles. The summed E-state index contributed by atoms with van der Waals surface area (Å²) >= 11 is 0. The van der Waals surface area contributed by atoms with Crippen LogP contribution in [0.1, 0.15) is 55.4 Å². The highest BCUT2D eigenvalue weighted by Crippen LogP contribution is 2.34. The Morgan fingerprint density at radius 2 is 1.05 bits per heavy atom. The molecule has 6 aromatic rings. The second-order valence-electron chi connectivity index (χ2n) is 14.0. The van der Waals surface area contributed by atoms with Crippen LogP contribution in [0.2, 0.25) is 0 Å². The number of anilines is 4. The third-order valence-electron chi connectivity index (χ3n) is 10.1. The van der Waals surface area contributed by atoms with Crippen molar-refractivity contribution in [3.63, 3.8) is 0 Å². The Morgan fingerprint density at radius 1 is 0.564 bits per heavy atom. The number of hydrogen-bond acceptors (Lipinski definition) is 2. The van der Waals surface area contributed by atoms with Gasteiger partial charge in [-0.3, -0.25) is 0 Å². The molecule has 0 fully saturated rings. The lowest BCUT2D eigenvalue weighted by Crippen LogP contribution is -2.17. The predicted octanol–water partition coefficient (Wildman–Crippen LogP) is 14.7. The Labute approximate surface area is 328 Å². The second kappa shape index (κ2) is 18.6. The Balaban J connectivity index is 0.951. The molecule has 0 aliphatic heterocycles. The molecule has 55 heavy (non-hydrogen) atoms. The van der Waals surface area contributed by atoms with Crippen molar-refractivity contribution in [2.24, 2.45) is 0 Å². The van der Waals surface area contributed by atoms with E-state index in [9.17, 15) is 0 Å². The van der Waals surface area contributed by atoms with Gasteiger partial charge in [-0.2, -0.15) is 0 Å². The molecule has 0 bridgehead atoms. The van der Waals surface area contributed by atoms with Crippen LogP contribution in [0, 0.1) is 0 Å². The SMILES string of the molecule is CC/C=C\C=C(/C)N(c1ccccc1)c1ccc(CCc2ccc(-c3ccc(/C=C/c4ccc(N(C5=CC=CCC5)c5ccccc5)cc4)cc3)cc2)cc1. The molecule has 6 aromatic carbocycles. The third-order valence-corrected chi connectivity index (χ3v) is 10.1. The normalized spacial score (nSPS) is 13.0. The molecule has 7 rings (SSSR count). The highest BCUT2D eigenvalue weighted by atomic mass is 15.2. The van der Waals surface area contributed by atoms with Gasteiger partial charge in [0.1, 0.15) is 0 Å². The molecule has 1 aliphatic rings. The molecule has 0 unspecified atom stereocenters. The molecule has 0 N–H and O–H groups in total. The van der Waals surface area contributed by atoms with E-state index in [0.29, 0.717) is 0 Å². The van der Waals surface area contributed by atoms with E-state index in [1.165, 1.54) is 67.5 Å². The summed E-state index contributed by atoms with van der Waals surface area (Å²) in [6.45, 7) is 4.33. The Hall–Kier alpha value is -6.38. The zero-order valence-corrected chi connectivity index (χ0v) is 32.1. The van der Waals surface area contributed by atoms with Gasteiger partial charge in [0.25, 0.3) is 0 Å². The first-order valence-corrected chi connectivity index (χ1v) is 19.6. The fourth-order valence-corrected chi connectivity index (χ4v) is 7.06. The molecule has 2 nitrogen and oxygen atoms in total. The van der Waals surface area contributed by atoms with Gasteiger partial charge in [0.2, 0.25) is 0 Å². The lowest BCUT2D eigenvalue weighted by molar-refractivity contribution is 0.917. The summed E-state index contributed by atoms with van der Waals surface area (Å²) in [7, 11) is 0. The topological polar surface area (TPSA) is 6.48 Å². The maximum absolute atomic E-state index is 2.37. The molecule has 0 saturated carbocycles. The minimum Gasteiger partial charge on any atom is -0.315 e. The summed E-state index contributed by atoms with van der Waals surface area (Å²) in [5.74, 6) is 0. The summed E-state index contributed by atoms with van der Waals surface area (Å²) in [5.41, 5.74) is 14.7. The van der Waals surface area contributed by atoms with Gasteiger partial charge in [0.05, 0.1) is 0 Å². The van der Waals surface area contributed by atoms with Gasteiger partial charge in [0, 0.05) is 34.1 Å². The van der Waals surface area contributed by atoms with E-state index >= 15 is 0 Å². The van der Waals surface area contributed by atoms with Crippen molar-refractivity contribution in [2.75, 3.05) is 9.80 Å². The fourth-order valence-electron chi connectivity index (χ4n) is 7.06. The van der Waals surface area contributed by atoms with E-state index in [4.69, 9.17) is 0 Å². The highest BCUT2D eigenvalue weighted by molar-refractivity contribution is 5.75. The Morgan fingerprint density at radius 3 is 1.62 bits per heavy atom. The number of nitrogens with zero attached hydrogens (tertiary/aromatic N) is 2. The van der Waals surface area contributed by atoms with Crippen LogP contribution in [0.4, 0.5) is 22.7 Å². The van der Waals surface area contributed by atoms with Crippen molar-refractivity contribution < 1.29 is 0 Å². The van der Waals surface area contributed by atoms with Crippen molar-refractivity contribution in [1.82, 2.24) is 0 Å². The first kappa shape index (κ1) is 37.0. The maximum atomic E-state index is 2.37. The molecule has 2 heteroatoms. The molecule has 0 heterocycles. The van der Waals surface area contributed by atoms with Crippen LogP contribution in [0.5, 0.6) is 0 Å². The van der Waals surface area contributed by atoms with Gasteiger partial charge in [0.15, 0.2) is 0 Å². The maximum Gasteiger partial charge on any atom is 0.0458 e. The lowest BCUT2D eigenvalue weighted by Gasteiger charge is -2.28. The van der Waals surface area contributed by atoms with Gasteiger partial charge < -0.3 is 9.80 Å². The van der Waals surface area contributed by atoms with E-state index in [0.717, 1.165) is 32.1 Å². The summed E-state index contributed by atoms with van der Waals surface area (Å²) in [4.78, 5) is 4.69. The van der Waals surface area contributed by atoms with Crippen molar-refractivity contribution in [2.45, 2.75) is 46.0 Å². The average molecular weight is 715 g/mol. The van der Waals surface area contributed by atoms with Crippen molar-refractivity contribution in [3.05, 3.63) is 228 Å². The standard InChI is InChI=1S/C53H50N2/c1-3-4-8-15-42(2)54(49-16-9-5-10-17-49)52-38-30-45(31-39-52)24-22-43-26-34-47(35-27-43)48-36-28-44(29-37-48)23-25-46-32-40-53(41-33-46)55(50-18-11-6-12-19-50)51-20-13-7-14-21-51/h4-13,15-20,23,25-41H,3,14,21-22,24H2,1-2H3/b8-4-,25-23+,42-15+. The van der Waals surface area contributed by atoms with Crippen LogP contribution in [-0.2, 0) is 12.8 Å². The minimum atomic E-state index is 1.00. The Kier molecular flexibility index (Phi) is 12.5. The van der Waals surface area contributed by atoms with Crippen molar-refractivity contribution in [3.8, 4) is 11.1 Å². The van der Waals surface area contributed by atoms with Gasteiger partial charge >= 0.3 is 0 Å². The predicted molar refractivity (Wildman–Crippen MR) is 238 cm³/mol. The van der Waals surface area contributed by atoms with Crippen LogP contribution in [0.3, 0.4) is 0 Å². The lowest BCUT2D eigenvalue weighted by atomic mass is 9.99. The Bertz CT molecular complexity index is 2260. The minimum absolute atomic E-state index is 1.00. The van der Waals surface area contributed by atoms with E-state index < -0.39 is 0 Å². The highest BCUT2D eigenvalue weighted by Gasteiger charge is 2.15. The molecule has 0 radical (unpaired) electrons. The zero-order valence-electron chi connectivity index (χ0n) is 32.1. The molecule has 272 valence electrons. The number of para-hydroxylation sites is 2. The molecule has 0 spiro atoms. The molecule has 0 atom stereocenters. The van der Waals surface area contributed by atoms with E-state index in [-0.39, 0.29) is 0 Å². The van der Waals surface area contributed by atoms with E-state index in [1.54, 1.807) is 0 Å². The van der Waals surface area contributed by atoms with Gasteiger partial charge in [-0.25, -0.2) is 0 Å². The first-order chi connectivity index (χ1) is 27.1. The van der Waals surface area contributed by atoms with Crippen LogP contribution >= 0.6 is 0 Å². The third kappa shape index (κ3) is 9.79. The molecule has 0 aromatic heterocycles. The van der Waals surface area contributed by atoms with Crippen molar-refractivity contribution in [1.29, 1.82) is 0 Å². The summed E-state index contributed by atoms with van der Waals surface area (Å²) in [6.07, 6.45) is 22.7. The number of aryl methyl sites for hydroxylation is 2.